The largest absolute Gasteiger partial charge is 0.496 e. The number of hydrogen-bond donors (Lipinski definition) is 2. The number of fused-ring (bicyclic) bond motifs is 1. The molecule has 0 saturated carbocycles. The van der Waals surface area contributed by atoms with Crippen molar-refractivity contribution in [3.8, 4) is 11.5 Å². The lowest BCUT2D eigenvalue weighted by Crippen LogP contribution is -2.48. The van der Waals surface area contributed by atoms with Gasteiger partial charge in [0.1, 0.15) is 17.6 Å². The number of guanidine groups is 1. The predicted molar refractivity (Wildman–Crippen MR) is 130 cm³/mol. The summed E-state index contributed by atoms with van der Waals surface area (Å²) in [5.74, 6) is 2.70. The van der Waals surface area contributed by atoms with E-state index in [1.807, 2.05) is 7.05 Å². The minimum absolute atomic E-state index is 0. The minimum atomic E-state index is 0. The van der Waals surface area contributed by atoms with Gasteiger partial charge in [-0.15, -0.1) is 24.0 Å². The Balaban J connectivity index is 0.00000300. The van der Waals surface area contributed by atoms with Gasteiger partial charge in [-0.25, -0.2) is 0 Å². The fourth-order valence-corrected chi connectivity index (χ4v) is 3.99. The first kappa shape index (κ1) is 23.8. The Morgan fingerprint density at radius 1 is 1.34 bits per heavy atom. The minimum Gasteiger partial charge on any atom is -0.496 e. The van der Waals surface area contributed by atoms with Crippen LogP contribution in [0.3, 0.4) is 0 Å². The third-order valence-electron chi connectivity index (χ3n) is 5.39. The molecule has 0 aromatic heterocycles. The summed E-state index contributed by atoms with van der Waals surface area (Å²) in [6, 6.07) is 4.64. The molecular formula is C22H35IN4O2. The van der Waals surface area contributed by atoms with Crippen molar-refractivity contribution in [3.05, 3.63) is 35.4 Å². The topological polar surface area (TPSA) is 58.1 Å². The molecule has 1 fully saturated rings. The molecule has 0 bridgehead atoms. The second-order valence-electron chi connectivity index (χ2n) is 7.98. The van der Waals surface area contributed by atoms with Crippen molar-refractivity contribution >= 4 is 29.9 Å². The van der Waals surface area contributed by atoms with Crippen LogP contribution in [0.5, 0.6) is 11.5 Å². The maximum Gasteiger partial charge on any atom is 0.191 e. The van der Waals surface area contributed by atoms with Gasteiger partial charge in [0.2, 0.25) is 0 Å². The molecule has 3 rings (SSSR count). The Hall–Kier alpha value is -1.48. The summed E-state index contributed by atoms with van der Waals surface area (Å²) in [4.78, 5) is 6.86. The summed E-state index contributed by atoms with van der Waals surface area (Å²) in [5.41, 5.74) is 3.53. The molecule has 2 aliphatic heterocycles. The molecule has 0 amide bonds. The van der Waals surface area contributed by atoms with Crippen LogP contribution in [-0.2, 0) is 13.0 Å². The molecule has 2 N–H and O–H groups in total. The predicted octanol–water partition coefficient (Wildman–Crippen LogP) is 3.34. The van der Waals surface area contributed by atoms with Crippen molar-refractivity contribution in [2.75, 3.05) is 33.8 Å². The highest BCUT2D eigenvalue weighted by atomic mass is 127. The highest BCUT2D eigenvalue weighted by Crippen LogP contribution is 2.34. The van der Waals surface area contributed by atoms with Crippen molar-refractivity contribution in [2.45, 2.75) is 51.8 Å². The van der Waals surface area contributed by atoms with Crippen LogP contribution in [0.15, 0.2) is 29.3 Å². The zero-order valence-corrected chi connectivity index (χ0v) is 20.4. The average molecular weight is 514 g/mol. The molecule has 2 aliphatic rings. The fraction of sp³-hybridized carbons (Fsp3) is 0.591. The molecule has 6 nitrogen and oxygen atoms in total. The number of nitrogens with zero attached hydrogens (tertiary/aromatic N) is 2. The monoisotopic (exact) mass is 514 g/mol. The summed E-state index contributed by atoms with van der Waals surface area (Å²) in [6.45, 7) is 12.0. The van der Waals surface area contributed by atoms with Gasteiger partial charge in [0.15, 0.2) is 5.96 Å². The molecule has 1 aromatic rings. The summed E-state index contributed by atoms with van der Waals surface area (Å²) < 4.78 is 11.5. The lowest BCUT2D eigenvalue weighted by molar-refractivity contribution is 0.221. The van der Waals surface area contributed by atoms with Crippen LogP contribution in [-0.4, -0.2) is 56.8 Å². The molecule has 162 valence electrons. The Labute approximate surface area is 192 Å². The summed E-state index contributed by atoms with van der Waals surface area (Å²) in [5, 5.41) is 6.99. The summed E-state index contributed by atoms with van der Waals surface area (Å²) >= 11 is 0. The molecule has 29 heavy (non-hydrogen) atoms. The first-order chi connectivity index (χ1) is 13.5. The number of nitrogens with one attached hydrogen (secondary N) is 2. The number of aliphatic imine (C=N–C) groups is 1. The number of hydrogen-bond acceptors (Lipinski definition) is 4. The Kier molecular flexibility index (Phi) is 9.07. The lowest BCUT2D eigenvalue weighted by Gasteiger charge is -2.33. The van der Waals surface area contributed by atoms with Crippen molar-refractivity contribution in [1.29, 1.82) is 0 Å². The molecule has 0 aliphatic carbocycles. The number of rotatable bonds is 6. The third-order valence-corrected chi connectivity index (χ3v) is 5.39. The zero-order chi connectivity index (χ0) is 20.1. The van der Waals surface area contributed by atoms with E-state index in [4.69, 9.17) is 9.47 Å². The van der Waals surface area contributed by atoms with Gasteiger partial charge >= 0.3 is 0 Å². The first-order valence-electron chi connectivity index (χ1n) is 10.2. The van der Waals surface area contributed by atoms with Crippen molar-refractivity contribution in [2.24, 2.45) is 4.99 Å². The lowest BCUT2D eigenvalue weighted by atomic mass is 10.0. The van der Waals surface area contributed by atoms with Gasteiger partial charge in [0.25, 0.3) is 0 Å². The van der Waals surface area contributed by atoms with E-state index in [1.165, 1.54) is 11.1 Å². The van der Waals surface area contributed by atoms with Crippen LogP contribution in [0.2, 0.25) is 0 Å². The van der Waals surface area contributed by atoms with Crippen LogP contribution in [0, 0.1) is 0 Å². The van der Waals surface area contributed by atoms with Gasteiger partial charge in [-0.2, -0.15) is 0 Å². The quantitative estimate of drug-likeness (QED) is 0.264. The van der Waals surface area contributed by atoms with E-state index >= 15 is 0 Å². The average Bonchev–Trinajstić information content (AvgIpc) is 3.04. The maximum absolute atomic E-state index is 5.90. The molecule has 1 atom stereocenters. The number of benzene rings is 1. The molecular weight excluding hydrogens is 479 g/mol. The van der Waals surface area contributed by atoms with Crippen LogP contribution >= 0.6 is 24.0 Å². The number of piperidine rings is 1. The first-order valence-corrected chi connectivity index (χ1v) is 10.2. The van der Waals surface area contributed by atoms with Crippen LogP contribution in [0.4, 0.5) is 0 Å². The second-order valence-corrected chi connectivity index (χ2v) is 7.98. The normalized spacial score (nSPS) is 19.7. The van der Waals surface area contributed by atoms with Crippen molar-refractivity contribution in [1.82, 2.24) is 15.5 Å². The van der Waals surface area contributed by atoms with Crippen LogP contribution in [0.1, 0.15) is 37.8 Å². The highest BCUT2D eigenvalue weighted by Gasteiger charge is 2.22. The van der Waals surface area contributed by atoms with Gasteiger partial charge in [0.05, 0.1) is 7.11 Å². The molecule has 1 unspecified atom stereocenters. The molecule has 2 heterocycles. The second kappa shape index (κ2) is 11.1. The molecule has 0 radical (unpaired) electrons. The van der Waals surface area contributed by atoms with E-state index in [0.29, 0.717) is 12.6 Å². The van der Waals surface area contributed by atoms with Gasteiger partial charge in [-0.3, -0.25) is 9.89 Å². The van der Waals surface area contributed by atoms with Gasteiger partial charge in [0, 0.05) is 56.8 Å². The number of ether oxygens (including phenoxy) is 2. The van der Waals surface area contributed by atoms with E-state index in [1.54, 1.807) is 7.11 Å². The van der Waals surface area contributed by atoms with E-state index < -0.39 is 0 Å². The van der Waals surface area contributed by atoms with E-state index in [2.05, 4.69) is 53.1 Å². The van der Waals surface area contributed by atoms with Crippen LogP contribution < -0.4 is 20.1 Å². The van der Waals surface area contributed by atoms with Crippen molar-refractivity contribution < 1.29 is 9.47 Å². The maximum atomic E-state index is 5.90. The van der Waals surface area contributed by atoms with Gasteiger partial charge < -0.3 is 20.1 Å². The summed E-state index contributed by atoms with van der Waals surface area (Å²) in [7, 11) is 3.53. The Bertz CT molecular complexity index is 730. The van der Waals surface area contributed by atoms with Crippen molar-refractivity contribution in [3.63, 3.8) is 0 Å². The molecule has 7 heteroatoms. The van der Waals surface area contributed by atoms with E-state index in [9.17, 15) is 0 Å². The number of likely N-dealkylation sites (tertiary alicyclic amines) is 1. The van der Waals surface area contributed by atoms with Crippen LogP contribution in [0.25, 0.3) is 0 Å². The zero-order valence-electron chi connectivity index (χ0n) is 18.1. The fourth-order valence-electron chi connectivity index (χ4n) is 3.99. The molecule has 1 aromatic carbocycles. The highest BCUT2D eigenvalue weighted by molar-refractivity contribution is 14.0. The number of methoxy groups -OCH3 is 1. The standard InChI is InChI=1S/C22H34N4O2.HI/c1-15(2)14-26-8-6-19(7-9-26)25-22(23-4)24-13-18-12-21-17(10-16(3)28-21)11-20(18)27-5;/h11-12,16,19H,1,6-10,13-14H2,2-5H3,(H2,23,24,25);1H. The summed E-state index contributed by atoms with van der Waals surface area (Å²) in [6.07, 6.45) is 3.39. The smallest absolute Gasteiger partial charge is 0.191 e. The Morgan fingerprint density at radius 3 is 2.69 bits per heavy atom. The van der Waals surface area contributed by atoms with E-state index in [-0.39, 0.29) is 30.1 Å². The molecule has 0 spiro atoms. The van der Waals surface area contributed by atoms with Gasteiger partial charge in [-0.1, -0.05) is 12.2 Å². The van der Waals surface area contributed by atoms with Gasteiger partial charge in [-0.05, 0) is 38.8 Å². The van der Waals surface area contributed by atoms with E-state index in [0.717, 1.165) is 61.9 Å². The number of halogens is 1. The Morgan fingerprint density at radius 2 is 2.07 bits per heavy atom. The third kappa shape index (κ3) is 6.50. The molecule has 1 saturated heterocycles. The SMILES string of the molecule is C=C(C)CN1CCC(NC(=NC)NCc2cc3c(cc2OC)CC(C)O3)CC1.I.